The maximum atomic E-state index is 6.73. The molecule has 0 spiro atoms. The second kappa shape index (κ2) is 4.78. The molecular weight excluding hydrogens is 236 g/mol. The molecular formula is C15H20N4. The second-order valence-corrected chi connectivity index (χ2v) is 5.58. The lowest BCUT2D eigenvalue weighted by Crippen LogP contribution is -2.39. The maximum Gasteiger partial charge on any atom is 0.0848 e. The number of nitrogens with zero attached hydrogens (tertiary/aromatic N) is 3. The van der Waals surface area contributed by atoms with E-state index in [4.69, 9.17) is 5.73 Å². The van der Waals surface area contributed by atoms with E-state index in [0.717, 1.165) is 25.0 Å². The summed E-state index contributed by atoms with van der Waals surface area (Å²) in [6, 6.07) is 8.57. The lowest BCUT2D eigenvalue weighted by atomic mass is 9.82. The lowest BCUT2D eigenvalue weighted by molar-refractivity contribution is 0.394. The maximum absolute atomic E-state index is 6.73. The van der Waals surface area contributed by atoms with E-state index in [1.165, 1.54) is 24.0 Å². The Bertz CT molecular complexity index is 575. The minimum Gasteiger partial charge on any atom is -0.321 e. The summed E-state index contributed by atoms with van der Waals surface area (Å²) in [6.07, 6.45) is 7.26. The molecule has 2 N–H and O–H groups in total. The van der Waals surface area contributed by atoms with E-state index in [2.05, 4.69) is 34.6 Å². The minimum absolute atomic E-state index is 0.302. The molecule has 0 radical (unpaired) electrons. The van der Waals surface area contributed by atoms with E-state index in [0.29, 0.717) is 0 Å². The average Bonchev–Trinajstić information content (AvgIpc) is 2.72. The molecule has 1 aliphatic rings. The Hall–Kier alpha value is -1.68. The molecule has 0 aliphatic heterocycles. The molecule has 1 heterocycles. The molecule has 4 heteroatoms. The predicted molar refractivity (Wildman–Crippen MR) is 74.6 cm³/mol. The van der Waals surface area contributed by atoms with Gasteiger partial charge in [0.15, 0.2) is 0 Å². The van der Waals surface area contributed by atoms with Crippen molar-refractivity contribution in [1.82, 2.24) is 15.0 Å². The monoisotopic (exact) mass is 256 g/mol. The summed E-state index contributed by atoms with van der Waals surface area (Å²) < 4.78 is 1.74. The minimum atomic E-state index is -0.302. The van der Waals surface area contributed by atoms with Crippen LogP contribution in [0.25, 0.3) is 0 Å². The van der Waals surface area contributed by atoms with Gasteiger partial charge in [0, 0.05) is 25.2 Å². The van der Waals surface area contributed by atoms with Gasteiger partial charge in [-0.05, 0) is 30.4 Å². The molecule has 1 atom stereocenters. The fourth-order valence-electron chi connectivity index (χ4n) is 3.10. The van der Waals surface area contributed by atoms with E-state index >= 15 is 0 Å². The van der Waals surface area contributed by atoms with Crippen LogP contribution in [0.1, 0.15) is 36.1 Å². The van der Waals surface area contributed by atoms with Crippen LogP contribution in [0.15, 0.2) is 30.5 Å². The van der Waals surface area contributed by atoms with Crippen LogP contribution in [0.2, 0.25) is 0 Å². The molecule has 4 nitrogen and oxygen atoms in total. The molecule has 3 rings (SSSR count). The first-order chi connectivity index (χ1) is 9.17. The quantitative estimate of drug-likeness (QED) is 0.835. The zero-order valence-corrected chi connectivity index (χ0v) is 11.3. The van der Waals surface area contributed by atoms with Crippen molar-refractivity contribution in [3.05, 3.63) is 47.3 Å². The number of aryl methyl sites for hydroxylation is 2. The normalized spacial score (nSPS) is 22.8. The predicted octanol–water partition coefficient (Wildman–Crippen LogP) is 1.94. The van der Waals surface area contributed by atoms with Crippen LogP contribution in [0, 0.1) is 0 Å². The topological polar surface area (TPSA) is 56.7 Å². The molecule has 1 aromatic heterocycles. The lowest BCUT2D eigenvalue weighted by Gasteiger charge is -2.29. The summed E-state index contributed by atoms with van der Waals surface area (Å²) >= 11 is 0. The molecule has 19 heavy (non-hydrogen) atoms. The van der Waals surface area contributed by atoms with Gasteiger partial charge in [-0.25, -0.2) is 0 Å². The second-order valence-electron chi connectivity index (χ2n) is 5.58. The first-order valence-corrected chi connectivity index (χ1v) is 6.90. The zero-order valence-electron chi connectivity index (χ0n) is 11.3. The molecule has 2 aromatic rings. The van der Waals surface area contributed by atoms with Gasteiger partial charge in [0.05, 0.1) is 5.69 Å². The number of nitrogens with two attached hydrogens (primary N) is 1. The van der Waals surface area contributed by atoms with Crippen molar-refractivity contribution in [2.45, 2.75) is 37.6 Å². The van der Waals surface area contributed by atoms with Crippen LogP contribution in [-0.2, 0) is 25.4 Å². The van der Waals surface area contributed by atoms with Crippen molar-refractivity contribution in [1.29, 1.82) is 0 Å². The van der Waals surface area contributed by atoms with Gasteiger partial charge in [0.25, 0.3) is 0 Å². The zero-order chi connectivity index (χ0) is 13.3. The van der Waals surface area contributed by atoms with Gasteiger partial charge in [0.1, 0.15) is 0 Å². The number of hydrogen-bond acceptors (Lipinski definition) is 3. The van der Waals surface area contributed by atoms with Gasteiger partial charge in [0.2, 0.25) is 0 Å². The molecule has 0 fully saturated rings. The van der Waals surface area contributed by atoms with Gasteiger partial charge < -0.3 is 5.73 Å². The van der Waals surface area contributed by atoms with Gasteiger partial charge in [-0.15, -0.1) is 5.10 Å². The third-order valence-electron chi connectivity index (χ3n) is 4.02. The number of rotatable bonds is 2. The molecule has 0 saturated carbocycles. The van der Waals surface area contributed by atoms with Crippen LogP contribution < -0.4 is 5.73 Å². The highest BCUT2D eigenvalue weighted by Gasteiger charge is 2.32. The van der Waals surface area contributed by atoms with Gasteiger partial charge in [-0.3, -0.25) is 4.68 Å². The van der Waals surface area contributed by atoms with Crippen molar-refractivity contribution in [3.8, 4) is 0 Å². The van der Waals surface area contributed by atoms with E-state index in [-0.39, 0.29) is 5.54 Å². The Morgan fingerprint density at radius 1 is 1.32 bits per heavy atom. The summed E-state index contributed by atoms with van der Waals surface area (Å²) in [6.45, 7) is 0. The summed E-state index contributed by atoms with van der Waals surface area (Å²) in [4.78, 5) is 0. The third kappa shape index (κ3) is 2.40. The number of aromatic nitrogens is 3. The fourth-order valence-corrected chi connectivity index (χ4v) is 3.10. The largest absolute Gasteiger partial charge is 0.321 e. The third-order valence-corrected chi connectivity index (χ3v) is 4.02. The highest BCUT2D eigenvalue weighted by molar-refractivity contribution is 5.35. The average molecular weight is 256 g/mol. The highest BCUT2D eigenvalue weighted by Crippen LogP contribution is 2.34. The molecule has 1 aliphatic carbocycles. The summed E-state index contributed by atoms with van der Waals surface area (Å²) in [5, 5.41) is 8.20. The number of benzene rings is 1. The fraction of sp³-hybridized carbons (Fsp3) is 0.467. The van der Waals surface area contributed by atoms with E-state index in [1.54, 1.807) is 4.68 Å². The van der Waals surface area contributed by atoms with Crippen molar-refractivity contribution < 1.29 is 0 Å². The van der Waals surface area contributed by atoms with Gasteiger partial charge in [-0.2, -0.15) is 0 Å². The van der Waals surface area contributed by atoms with E-state index in [1.807, 2.05) is 13.2 Å². The van der Waals surface area contributed by atoms with Crippen molar-refractivity contribution >= 4 is 0 Å². The van der Waals surface area contributed by atoms with Gasteiger partial charge in [-0.1, -0.05) is 35.9 Å². The van der Waals surface area contributed by atoms with Gasteiger partial charge >= 0.3 is 0 Å². The van der Waals surface area contributed by atoms with Crippen LogP contribution in [0.3, 0.4) is 0 Å². The Balaban J connectivity index is 1.97. The van der Waals surface area contributed by atoms with Crippen molar-refractivity contribution in [3.63, 3.8) is 0 Å². The Kier molecular flexibility index (Phi) is 3.11. The van der Waals surface area contributed by atoms with Crippen LogP contribution in [-0.4, -0.2) is 15.0 Å². The molecule has 0 saturated heterocycles. The number of hydrogen-bond donors (Lipinski definition) is 1. The van der Waals surface area contributed by atoms with Crippen LogP contribution in [0.5, 0.6) is 0 Å². The van der Waals surface area contributed by atoms with Crippen molar-refractivity contribution in [2.24, 2.45) is 12.8 Å². The molecule has 0 amide bonds. The first-order valence-electron chi connectivity index (χ1n) is 6.90. The number of fused-ring (bicyclic) bond motifs is 1. The molecule has 1 unspecified atom stereocenters. The standard InChI is InChI=1S/C15H20N4/c1-19-11-13(17-18-19)10-15(16)9-5-4-7-12-6-2-3-8-14(12)15/h2-3,6,8,11H,4-5,7,9-10,16H2,1H3. The summed E-state index contributed by atoms with van der Waals surface area (Å²) in [5.74, 6) is 0. The first kappa shape index (κ1) is 12.4. The molecule has 0 bridgehead atoms. The molecule has 100 valence electrons. The molecule has 1 aromatic carbocycles. The van der Waals surface area contributed by atoms with Crippen molar-refractivity contribution in [2.75, 3.05) is 0 Å². The Morgan fingerprint density at radius 3 is 2.95 bits per heavy atom. The SMILES string of the molecule is Cn1cc(CC2(N)CCCCc3ccccc32)nn1. The Labute approximate surface area is 113 Å². The van der Waals surface area contributed by atoms with E-state index < -0.39 is 0 Å². The summed E-state index contributed by atoms with van der Waals surface area (Å²) in [7, 11) is 1.89. The van der Waals surface area contributed by atoms with E-state index in [9.17, 15) is 0 Å². The smallest absolute Gasteiger partial charge is 0.0848 e. The summed E-state index contributed by atoms with van der Waals surface area (Å²) in [5.41, 5.74) is 10.1. The van der Waals surface area contributed by atoms with Crippen LogP contribution >= 0.6 is 0 Å². The highest BCUT2D eigenvalue weighted by atomic mass is 15.4. The Morgan fingerprint density at radius 2 is 2.16 bits per heavy atom. The van der Waals surface area contributed by atoms with Crippen LogP contribution in [0.4, 0.5) is 0 Å².